The predicted molar refractivity (Wildman–Crippen MR) is 106 cm³/mol. The summed E-state index contributed by atoms with van der Waals surface area (Å²) in [5.41, 5.74) is 4.61. The van der Waals surface area contributed by atoms with Crippen LogP contribution in [0.2, 0.25) is 0 Å². The van der Waals surface area contributed by atoms with Gasteiger partial charge >= 0.3 is 0 Å². The van der Waals surface area contributed by atoms with Crippen LogP contribution >= 0.6 is 12.2 Å². The molecule has 0 bridgehead atoms. The van der Waals surface area contributed by atoms with E-state index in [1.165, 1.54) is 13.2 Å². The maximum Gasteiger partial charge on any atom is 0.191 e. The normalized spacial score (nSPS) is 10.8. The van der Waals surface area contributed by atoms with Crippen molar-refractivity contribution in [1.82, 2.24) is 5.43 Å². The average molecular weight is 375 g/mol. The molecule has 8 heteroatoms. The van der Waals surface area contributed by atoms with Gasteiger partial charge in [0.2, 0.25) is 0 Å². The molecule has 0 aliphatic rings. The molecule has 0 heterocycles. The Kier molecular flexibility index (Phi) is 6.62. The van der Waals surface area contributed by atoms with Crippen molar-refractivity contribution >= 4 is 28.7 Å². The van der Waals surface area contributed by atoms with Gasteiger partial charge in [0, 0.05) is 23.4 Å². The molecule has 26 heavy (non-hydrogen) atoms. The van der Waals surface area contributed by atoms with E-state index >= 15 is 0 Å². The molecule has 0 saturated heterocycles. The molecule has 0 amide bonds. The Bertz CT molecular complexity index is 824. The van der Waals surface area contributed by atoms with Gasteiger partial charge in [0.15, 0.2) is 16.6 Å². The summed E-state index contributed by atoms with van der Waals surface area (Å²) in [5.74, 6) is 1.85. The van der Waals surface area contributed by atoms with E-state index in [-0.39, 0.29) is 5.75 Å². The number of aromatic hydroxyl groups is 1. The lowest BCUT2D eigenvalue weighted by Crippen LogP contribution is -2.25. The number of rotatable bonds is 6. The summed E-state index contributed by atoms with van der Waals surface area (Å²) in [6.07, 6.45) is 0. The molecule has 0 radical (unpaired) electrons. The maximum absolute atomic E-state index is 10.0. The van der Waals surface area contributed by atoms with Gasteiger partial charge in [0.1, 0.15) is 11.5 Å². The summed E-state index contributed by atoms with van der Waals surface area (Å²) < 4.78 is 15.5. The zero-order valence-electron chi connectivity index (χ0n) is 15.0. The molecule has 0 saturated carbocycles. The molecular weight excluding hydrogens is 354 g/mol. The van der Waals surface area contributed by atoms with Crippen LogP contribution in [0.1, 0.15) is 12.5 Å². The zero-order chi connectivity index (χ0) is 19.1. The van der Waals surface area contributed by atoms with E-state index in [1.807, 2.05) is 0 Å². The van der Waals surface area contributed by atoms with Crippen molar-refractivity contribution in [3.8, 4) is 23.0 Å². The Labute approximate surface area is 157 Å². The number of hydrogen-bond donors (Lipinski definition) is 3. The summed E-state index contributed by atoms with van der Waals surface area (Å²) in [6, 6.07) is 10.3. The summed E-state index contributed by atoms with van der Waals surface area (Å²) in [5, 5.41) is 17.5. The van der Waals surface area contributed by atoms with Crippen molar-refractivity contribution in [3.05, 3.63) is 42.0 Å². The summed E-state index contributed by atoms with van der Waals surface area (Å²) in [6.45, 7) is 1.76. The van der Waals surface area contributed by atoms with Crippen LogP contribution in [0.25, 0.3) is 0 Å². The van der Waals surface area contributed by atoms with Gasteiger partial charge in [-0.15, -0.1) is 0 Å². The van der Waals surface area contributed by atoms with Crippen LogP contribution in [-0.4, -0.2) is 37.3 Å². The first-order valence-electron chi connectivity index (χ1n) is 7.69. The van der Waals surface area contributed by atoms with Crippen molar-refractivity contribution in [3.63, 3.8) is 0 Å². The molecule has 0 aliphatic carbocycles. The fourth-order valence-corrected chi connectivity index (χ4v) is 2.38. The van der Waals surface area contributed by atoms with Gasteiger partial charge in [0.05, 0.1) is 27.0 Å². The third kappa shape index (κ3) is 4.76. The van der Waals surface area contributed by atoms with Crippen LogP contribution in [0, 0.1) is 0 Å². The number of nitrogens with zero attached hydrogens (tertiary/aromatic N) is 1. The molecule has 0 unspecified atom stereocenters. The third-order valence-corrected chi connectivity index (χ3v) is 3.75. The Morgan fingerprint density at radius 2 is 1.73 bits per heavy atom. The van der Waals surface area contributed by atoms with Crippen LogP contribution in [0.5, 0.6) is 23.0 Å². The molecule has 0 spiro atoms. The maximum atomic E-state index is 10.0. The van der Waals surface area contributed by atoms with E-state index in [9.17, 15) is 5.11 Å². The molecule has 3 N–H and O–H groups in total. The molecule has 0 aromatic heterocycles. The van der Waals surface area contributed by atoms with Crippen LogP contribution in [0.4, 0.5) is 5.69 Å². The van der Waals surface area contributed by atoms with Gasteiger partial charge in [0.25, 0.3) is 0 Å². The number of hydrogen-bond acceptors (Lipinski definition) is 6. The van der Waals surface area contributed by atoms with E-state index in [0.717, 1.165) is 5.69 Å². The van der Waals surface area contributed by atoms with E-state index in [0.29, 0.717) is 33.6 Å². The molecule has 0 aliphatic heterocycles. The number of benzene rings is 2. The Morgan fingerprint density at radius 3 is 2.35 bits per heavy atom. The minimum Gasteiger partial charge on any atom is -0.507 e. The highest BCUT2D eigenvalue weighted by Gasteiger charge is 2.08. The number of thiocarbonyl (C=S) groups is 1. The molecule has 0 atom stereocenters. The number of phenolic OH excluding ortho intramolecular Hbond substituents is 1. The number of methoxy groups -OCH3 is 3. The Hall–Kier alpha value is -3.00. The second kappa shape index (κ2) is 8.91. The number of anilines is 1. The molecule has 0 fully saturated rings. The quantitative estimate of drug-likeness (QED) is 0.406. The van der Waals surface area contributed by atoms with Crippen LogP contribution in [0.15, 0.2) is 41.5 Å². The first-order chi connectivity index (χ1) is 12.5. The van der Waals surface area contributed by atoms with Gasteiger partial charge in [-0.2, -0.15) is 5.10 Å². The van der Waals surface area contributed by atoms with Crippen LogP contribution in [-0.2, 0) is 0 Å². The lowest BCUT2D eigenvalue weighted by molar-refractivity contribution is 0.355. The van der Waals surface area contributed by atoms with Gasteiger partial charge in [-0.05, 0) is 43.4 Å². The largest absolute Gasteiger partial charge is 0.507 e. The topological polar surface area (TPSA) is 84.3 Å². The lowest BCUT2D eigenvalue weighted by atomic mass is 10.1. The van der Waals surface area contributed by atoms with Gasteiger partial charge < -0.3 is 24.6 Å². The lowest BCUT2D eigenvalue weighted by Gasteiger charge is -2.12. The summed E-state index contributed by atoms with van der Waals surface area (Å²) in [4.78, 5) is 0. The smallest absolute Gasteiger partial charge is 0.191 e. The fourth-order valence-electron chi connectivity index (χ4n) is 2.21. The Morgan fingerprint density at radius 1 is 1.00 bits per heavy atom. The standard InChI is InChI=1S/C18H21N3O4S/c1-11(14-7-6-13(23-2)10-15(14)22)20-21-18(26)19-12-5-8-16(24-3)17(9-12)25-4/h5-10,22H,1-4H3,(H2,19,21,26). The second-order valence-electron chi connectivity index (χ2n) is 5.22. The molecule has 2 aromatic carbocycles. The summed E-state index contributed by atoms with van der Waals surface area (Å²) in [7, 11) is 4.67. The van der Waals surface area contributed by atoms with Crippen molar-refractivity contribution < 1.29 is 19.3 Å². The highest BCUT2D eigenvalue weighted by Crippen LogP contribution is 2.29. The van der Waals surface area contributed by atoms with Crippen molar-refractivity contribution in [2.45, 2.75) is 6.92 Å². The number of hydrazone groups is 1. The molecular formula is C18H21N3O4S. The highest BCUT2D eigenvalue weighted by atomic mass is 32.1. The second-order valence-corrected chi connectivity index (χ2v) is 5.62. The first kappa shape index (κ1) is 19.3. The average Bonchev–Trinajstić information content (AvgIpc) is 2.65. The monoisotopic (exact) mass is 375 g/mol. The first-order valence-corrected chi connectivity index (χ1v) is 8.10. The highest BCUT2D eigenvalue weighted by molar-refractivity contribution is 7.80. The van der Waals surface area contributed by atoms with E-state index in [1.54, 1.807) is 51.5 Å². The van der Waals surface area contributed by atoms with Gasteiger partial charge in [-0.3, -0.25) is 5.43 Å². The van der Waals surface area contributed by atoms with Crippen molar-refractivity contribution in [2.75, 3.05) is 26.6 Å². The minimum atomic E-state index is 0.0752. The molecule has 2 aromatic rings. The minimum absolute atomic E-state index is 0.0752. The van der Waals surface area contributed by atoms with E-state index in [2.05, 4.69) is 15.8 Å². The van der Waals surface area contributed by atoms with Gasteiger partial charge in [-0.1, -0.05) is 0 Å². The number of ether oxygens (including phenoxy) is 3. The molecule has 138 valence electrons. The predicted octanol–water partition coefficient (Wildman–Crippen LogP) is 3.13. The number of nitrogens with one attached hydrogen (secondary N) is 2. The van der Waals surface area contributed by atoms with Gasteiger partial charge in [-0.25, -0.2) is 0 Å². The molecule has 7 nitrogen and oxygen atoms in total. The van der Waals surface area contributed by atoms with Crippen molar-refractivity contribution in [2.24, 2.45) is 5.10 Å². The number of phenols is 1. The van der Waals surface area contributed by atoms with Crippen LogP contribution in [0.3, 0.4) is 0 Å². The molecule has 2 rings (SSSR count). The fraction of sp³-hybridized carbons (Fsp3) is 0.222. The summed E-state index contributed by atoms with van der Waals surface area (Å²) >= 11 is 5.23. The third-order valence-electron chi connectivity index (χ3n) is 3.56. The van der Waals surface area contributed by atoms with E-state index in [4.69, 9.17) is 26.4 Å². The Balaban J connectivity index is 2.04. The van der Waals surface area contributed by atoms with E-state index < -0.39 is 0 Å². The SMILES string of the molecule is COc1ccc(C(C)=NNC(=S)Nc2ccc(OC)c(OC)c2)c(O)c1. The van der Waals surface area contributed by atoms with Crippen LogP contribution < -0.4 is 25.0 Å². The van der Waals surface area contributed by atoms with Crippen molar-refractivity contribution in [1.29, 1.82) is 0 Å². The zero-order valence-corrected chi connectivity index (χ0v) is 15.8.